The molecule has 0 bridgehead atoms. The number of ether oxygens (including phenoxy) is 3. The summed E-state index contributed by atoms with van der Waals surface area (Å²) < 4.78 is 16.3. The molecular formula is C14H18N4O3. The fourth-order valence-electron chi connectivity index (χ4n) is 1.71. The van der Waals surface area contributed by atoms with Gasteiger partial charge in [0.25, 0.3) is 0 Å². The van der Waals surface area contributed by atoms with Gasteiger partial charge in [-0.1, -0.05) is 12.1 Å². The van der Waals surface area contributed by atoms with Crippen LogP contribution in [-0.4, -0.2) is 23.7 Å². The van der Waals surface area contributed by atoms with Crippen molar-refractivity contribution in [2.45, 2.75) is 13.5 Å². The summed E-state index contributed by atoms with van der Waals surface area (Å²) in [6, 6.07) is 8.97. The number of benzene rings is 1. The highest BCUT2D eigenvalue weighted by atomic mass is 16.5. The summed E-state index contributed by atoms with van der Waals surface area (Å²) in [5.74, 6) is 7.89. The van der Waals surface area contributed by atoms with Crippen molar-refractivity contribution < 1.29 is 14.2 Å². The van der Waals surface area contributed by atoms with Gasteiger partial charge in [-0.25, -0.2) is 10.8 Å². The first kappa shape index (κ1) is 15.0. The lowest BCUT2D eigenvalue weighted by molar-refractivity contribution is 0.177. The lowest BCUT2D eigenvalue weighted by Crippen LogP contribution is -2.11. The average Bonchev–Trinajstić information content (AvgIpc) is 2.49. The van der Waals surface area contributed by atoms with Gasteiger partial charge in [0, 0.05) is 13.2 Å². The van der Waals surface area contributed by atoms with E-state index in [1.165, 1.54) is 0 Å². The highest BCUT2D eigenvalue weighted by molar-refractivity contribution is 5.44. The van der Waals surface area contributed by atoms with Crippen LogP contribution in [0.2, 0.25) is 0 Å². The lowest BCUT2D eigenvalue weighted by Gasteiger charge is -2.12. The fraction of sp³-hybridized carbons (Fsp3) is 0.286. The SMILES string of the molecule is CCOc1ccccc1Oc1cc(NN)nc(COC)n1. The maximum atomic E-state index is 5.76. The minimum Gasteiger partial charge on any atom is -0.490 e. The van der Waals surface area contributed by atoms with E-state index in [2.05, 4.69) is 15.4 Å². The van der Waals surface area contributed by atoms with E-state index in [0.29, 0.717) is 35.6 Å². The van der Waals surface area contributed by atoms with Crippen LogP contribution in [0.3, 0.4) is 0 Å². The van der Waals surface area contributed by atoms with Crippen molar-refractivity contribution in [2.75, 3.05) is 19.1 Å². The molecule has 0 aliphatic rings. The van der Waals surface area contributed by atoms with Crippen molar-refractivity contribution in [1.29, 1.82) is 0 Å². The van der Waals surface area contributed by atoms with E-state index in [1.54, 1.807) is 19.2 Å². The summed E-state index contributed by atoms with van der Waals surface area (Å²) in [6.07, 6.45) is 0. The van der Waals surface area contributed by atoms with Crippen LogP contribution in [0, 0.1) is 0 Å². The molecule has 7 heteroatoms. The first-order chi connectivity index (χ1) is 10.3. The summed E-state index contributed by atoms with van der Waals surface area (Å²) in [6.45, 7) is 2.72. The molecule has 0 saturated heterocycles. The van der Waals surface area contributed by atoms with Gasteiger partial charge in [0.15, 0.2) is 17.3 Å². The Bertz CT molecular complexity index is 592. The summed E-state index contributed by atoms with van der Waals surface area (Å²) >= 11 is 0. The van der Waals surface area contributed by atoms with E-state index in [1.807, 2.05) is 25.1 Å². The van der Waals surface area contributed by atoms with Crippen LogP contribution in [-0.2, 0) is 11.3 Å². The number of aromatic nitrogens is 2. The number of methoxy groups -OCH3 is 1. The van der Waals surface area contributed by atoms with Crippen LogP contribution in [0.15, 0.2) is 30.3 Å². The van der Waals surface area contributed by atoms with E-state index in [4.69, 9.17) is 20.1 Å². The fourth-order valence-corrected chi connectivity index (χ4v) is 1.71. The maximum absolute atomic E-state index is 5.76. The van der Waals surface area contributed by atoms with Gasteiger partial charge in [0.1, 0.15) is 12.4 Å². The molecule has 0 saturated carbocycles. The third kappa shape index (κ3) is 4.04. The first-order valence-corrected chi connectivity index (χ1v) is 6.50. The molecule has 1 heterocycles. The van der Waals surface area contributed by atoms with Crippen LogP contribution >= 0.6 is 0 Å². The highest BCUT2D eigenvalue weighted by Crippen LogP contribution is 2.31. The van der Waals surface area contributed by atoms with Crippen molar-refractivity contribution >= 4 is 5.82 Å². The van der Waals surface area contributed by atoms with Gasteiger partial charge in [0.05, 0.1) is 6.61 Å². The molecule has 0 aliphatic carbocycles. The Morgan fingerprint density at radius 2 is 1.95 bits per heavy atom. The molecule has 1 aromatic heterocycles. The number of hydrogen-bond donors (Lipinski definition) is 2. The van der Waals surface area contributed by atoms with Gasteiger partial charge in [-0.15, -0.1) is 0 Å². The molecule has 2 rings (SSSR count). The lowest BCUT2D eigenvalue weighted by atomic mass is 10.3. The quantitative estimate of drug-likeness (QED) is 0.596. The molecular weight excluding hydrogens is 272 g/mol. The molecule has 0 fully saturated rings. The molecule has 0 aliphatic heterocycles. The van der Waals surface area contributed by atoms with E-state index in [0.717, 1.165) is 0 Å². The molecule has 112 valence electrons. The molecule has 0 amide bonds. The number of hydrazine groups is 1. The molecule has 0 radical (unpaired) electrons. The third-order valence-corrected chi connectivity index (χ3v) is 2.53. The number of para-hydroxylation sites is 2. The van der Waals surface area contributed by atoms with Gasteiger partial charge < -0.3 is 19.6 Å². The van der Waals surface area contributed by atoms with Crippen LogP contribution < -0.4 is 20.7 Å². The minimum atomic E-state index is 0.263. The van der Waals surface area contributed by atoms with E-state index in [-0.39, 0.29) is 6.61 Å². The molecule has 0 atom stereocenters. The first-order valence-electron chi connectivity index (χ1n) is 6.50. The smallest absolute Gasteiger partial charge is 0.225 e. The summed E-state index contributed by atoms with van der Waals surface area (Å²) in [4.78, 5) is 8.42. The predicted molar refractivity (Wildman–Crippen MR) is 78.2 cm³/mol. The summed E-state index contributed by atoms with van der Waals surface area (Å²) in [7, 11) is 1.57. The number of nitrogens with zero attached hydrogens (tertiary/aromatic N) is 2. The second kappa shape index (κ2) is 7.41. The molecule has 0 unspecified atom stereocenters. The molecule has 1 aromatic carbocycles. The average molecular weight is 290 g/mol. The van der Waals surface area contributed by atoms with Crippen molar-refractivity contribution in [1.82, 2.24) is 9.97 Å². The number of nitrogens with one attached hydrogen (secondary N) is 1. The Morgan fingerprint density at radius 3 is 2.62 bits per heavy atom. The number of anilines is 1. The zero-order valence-corrected chi connectivity index (χ0v) is 12.0. The Labute approximate surface area is 123 Å². The number of hydrogen-bond acceptors (Lipinski definition) is 7. The van der Waals surface area contributed by atoms with Crippen LogP contribution in [0.1, 0.15) is 12.7 Å². The second-order valence-electron chi connectivity index (χ2n) is 4.07. The maximum Gasteiger partial charge on any atom is 0.225 e. The van der Waals surface area contributed by atoms with Gasteiger partial charge in [0.2, 0.25) is 5.88 Å². The van der Waals surface area contributed by atoms with E-state index in [9.17, 15) is 0 Å². The molecule has 21 heavy (non-hydrogen) atoms. The van der Waals surface area contributed by atoms with Crippen LogP contribution in [0.5, 0.6) is 17.4 Å². The zero-order valence-electron chi connectivity index (χ0n) is 12.0. The normalized spacial score (nSPS) is 10.2. The van der Waals surface area contributed by atoms with E-state index < -0.39 is 0 Å². The standard InChI is InChI=1S/C14H18N4O3/c1-3-20-10-6-4-5-7-11(10)21-14-8-12(18-15)16-13(17-14)9-19-2/h4-8H,3,9,15H2,1-2H3,(H,16,17,18). The molecule has 3 N–H and O–H groups in total. The highest BCUT2D eigenvalue weighted by Gasteiger charge is 2.09. The molecule has 7 nitrogen and oxygen atoms in total. The minimum absolute atomic E-state index is 0.263. The summed E-state index contributed by atoms with van der Waals surface area (Å²) in [5, 5.41) is 0. The third-order valence-electron chi connectivity index (χ3n) is 2.53. The van der Waals surface area contributed by atoms with Gasteiger partial charge in [-0.05, 0) is 19.1 Å². The predicted octanol–water partition coefficient (Wildman–Crippen LogP) is 2.10. The second-order valence-corrected chi connectivity index (χ2v) is 4.07. The Kier molecular flexibility index (Phi) is 5.30. The van der Waals surface area contributed by atoms with Crippen molar-refractivity contribution in [3.8, 4) is 17.4 Å². The van der Waals surface area contributed by atoms with Gasteiger partial charge in [-0.3, -0.25) is 0 Å². The monoisotopic (exact) mass is 290 g/mol. The van der Waals surface area contributed by atoms with Crippen molar-refractivity contribution in [2.24, 2.45) is 5.84 Å². The van der Waals surface area contributed by atoms with Crippen molar-refractivity contribution in [3.05, 3.63) is 36.2 Å². The van der Waals surface area contributed by atoms with Crippen LogP contribution in [0.4, 0.5) is 5.82 Å². The van der Waals surface area contributed by atoms with Gasteiger partial charge >= 0.3 is 0 Å². The number of nitrogens with two attached hydrogens (primary N) is 1. The molecule has 0 spiro atoms. The van der Waals surface area contributed by atoms with Crippen molar-refractivity contribution in [3.63, 3.8) is 0 Å². The molecule has 2 aromatic rings. The van der Waals surface area contributed by atoms with Gasteiger partial charge in [-0.2, -0.15) is 4.98 Å². The topological polar surface area (TPSA) is 91.5 Å². The number of nitrogen functional groups attached to an aromatic ring is 1. The van der Waals surface area contributed by atoms with Crippen LogP contribution in [0.25, 0.3) is 0 Å². The Hall–Kier alpha value is -2.38. The summed E-state index contributed by atoms with van der Waals surface area (Å²) in [5.41, 5.74) is 2.47. The van der Waals surface area contributed by atoms with E-state index >= 15 is 0 Å². The Morgan fingerprint density at radius 1 is 1.19 bits per heavy atom. The number of rotatable bonds is 7. The zero-order chi connectivity index (χ0) is 15.1. The largest absolute Gasteiger partial charge is 0.490 e. The Balaban J connectivity index is 2.28.